The average molecular weight is 284 g/mol. The maximum atomic E-state index is 11.8. The first-order valence-electron chi connectivity index (χ1n) is 6.71. The minimum absolute atomic E-state index is 0.0578. The van der Waals surface area contributed by atoms with Gasteiger partial charge in [0.25, 0.3) is 5.91 Å². The molecule has 0 aliphatic heterocycles. The van der Waals surface area contributed by atoms with Crippen LogP contribution in [0.3, 0.4) is 0 Å². The molecule has 4 nitrogen and oxygen atoms in total. The van der Waals surface area contributed by atoms with Gasteiger partial charge in [0.05, 0.1) is 6.54 Å². The van der Waals surface area contributed by atoms with Crippen LogP contribution in [-0.2, 0) is 16.1 Å². The van der Waals surface area contributed by atoms with Gasteiger partial charge in [0.15, 0.2) is 0 Å². The van der Waals surface area contributed by atoms with Crippen LogP contribution in [0.2, 0.25) is 0 Å². The molecule has 1 aromatic rings. The lowest BCUT2D eigenvalue weighted by atomic mass is 10.2. The number of hydrogen-bond donors (Lipinski definition) is 2. The Balaban J connectivity index is 2.40. The summed E-state index contributed by atoms with van der Waals surface area (Å²) in [5, 5.41) is 5.32. The molecule has 0 atom stereocenters. The van der Waals surface area contributed by atoms with Crippen molar-refractivity contribution in [2.45, 2.75) is 13.5 Å². The topological polar surface area (TPSA) is 58.2 Å². The monoisotopic (exact) mass is 284 g/mol. The summed E-state index contributed by atoms with van der Waals surface area (Å²) in [5.41, 5.74) is 1.47. The highest BCUT2D eigenvalue weighted by Crippen LogP contribution is 1.98. The van der Waals surface area contributed by atoms with E-state index in [1.165, 1.54) is 6.08 Å². The highest BCUT2D eigenvalue weighted by Gasteiger charge is 2.07. The average Bonchev–Trinajstić information content (AvgIpc) is 2.51. The van der Waals surface area contributed by atoms with Crippen LogP contribution in [-0.4, -0.2) is 18.4 Å². The third kappa shape index (κ3) is 6.38. The van der Waals surface area contributed by atoms with Gasteiger partial charge in [-0.25, -0.2) is 0 Å². The number of rotatable bonds is 7. The lowest BCUT2D eigenvalue weighted by Crippen LogP contribution is -2.37. The molecule has 0 unspecified atom stereocenters. The van der Waals surface area contributed by atoms with Gasteiger partial charge in [0, 0.05) is 12.1 Å². The zero-order valence-electron chi connectivity index (χ0n) is 12.1. The van der Waals surface area contributed by atoms with E-state index < -0.39 is 0 Å². The second-order valence-electron chi connectivity index (χ2n) is 4.30. The number of allylic oxidation sites excluding steroid dienone is 3. The van der Waals surface area contributed by atoms with Crippen molar-refractivity contribution < 1.29 is 9.59 Å². The number of amides is 2. The molecule has 0 spiro atoms. The maximum absolute atomic E-state index is 11.8. The Hall–Kier alpha value is -2.62. The molecule has 4 heteroatoms. The van der Waals surface area contributed by atoms with Crippen molar-refractivity contribution in [3.8, 4) is 0 Å². The van der Waals surface area contributed by atoms with Crippen molar-refractivity contribution in [1.82, 2.24) is 10.6 Å². The molecule has 0 heterocycles. The SMILES string of the molecule is C=C/C=C(\C=C/C)C(=O)NCC(=O)NCc1ccccc1. The third-order valence-electron chi connectivity index (χ3n) is 2.65. The normalized spacial score (nSPS) is 11.2. The summed E-state index contributed by atoms with van der Waals surface area (Å²) in [6.07, 6.45) is 6.55. The van der Waals surface area contributed by atoms with Gasteiger partial charge in [-0.2, -0.15) is 0 Å². The Kier molecular flexibility index (Phi) is 7.29. The van der Waals surface area contributed by atoms with Crippen LogP contribution in [0.5, 0.6) is 0 Å². The fraction of sp³-hybridized carbons (Fsp3) is 0.176. The van der Waals surface area contributed by atoms with E-state index in [0.717, 1.165) is 5.56 Å². The fourth-order valence-electron chi connectivity index (χ4n) is 1.64. The van der Waals surface area contributed by atoms with Gasteiger partial charge in [-0.1, -0.05) is 61.2 Å². The van der Waals surface area contributed by atoms with Crippen molar-refractivity contribution in [3.63, 3.8) is 0 Å². The van der Waals surface area contributed by atoms with Crippen LogP contribution >= 0.6 is 0 Å². The summed E-state index contributed by atoms with van der Waals surface area (Å²) in [6.45, 7) is 5.76. The van der Waals surface area contributed by atoms with Crippen LogP contribution in [0.1, 0.15) is 12.5 Å². The molecule has 2 amide bonds. The summed E-state index contributed by atoms with van der Waals surface area (Å²) in [4.78, 5) is 23.5. The number of carbonyl (C=O) groups excluding carboxylic acids is 2. The molecule has 0 bridgehead atoms. The van der Waals surface area contributed by atoms with Gasteiger partial charge in [-0.3, -0.25) is 9.59 Å². The lowest BCUT2D eigenvalue weighted by molar-refractivity contribution is -0.124. The first-order valence-corrected chi connectivity index (χ1v) is 6.71. The molecular formula is C17H20N2O2. The largest absolute Gasteiger partial charge is 0.350 e. The van der Waals surface area contributed by atoms with Gasteiger partial charge in [-0.15, -0.1) is 0 Å². The van der Waals surface area contributed by atoms with E-state index >= 15 is 0 Å². The molecule has 0 aliphatic carbocycles. The molecule has 0 saturated carbocycles. The summed E-state index contributed by atoms with van der Waals surface area (Å²) in [7, 11) is 0. The number of nitrogens with one attached hydrogen (secondary N) is 2. The van der Waals surface area contributed by atoms with Crippen molar-refractivity contribution in [3.05, 3.63) is 72.4 Å². The summed E-state index contributed by atoms with van der Waals surface area (Å²) >= 11 is 0. The van der Waals surface area contributed by atoms with Gasteiger partial charge in [0.1, 0.15) is 0 Å². The van der Waals surface area contributed by atoms with E-state index in [4.69, 9.17) is 0 Å². The van der Waals surface area contributed by atoms with E-state index in [9.17, 15) is 9.59 Å². The van der Waals surface area contributed by atoms with Crippen molar-refractivity contribution in [2.24, 2.45) is 0 Å². The van der Waals surface area contributed by atoms with E-state index in [0.29, 0.717) is 12.1 Å². The lowest BCUT2D eigenvalue weighted by Gasteiger charge is -2.07. The first-order chi connectivity index (χ1) is 10.2. The molecule has 1 rings (SSSR count). The number of benzene rings is 1. The van der Waals surface area contributed by atoms with Crippen LogP contribution in [0.4, 0.5) is 0 Å². The predicted octanol–water partition coefficient (Wildman–Crippen LogP) is 2.11. The molecule has 0 radical (unpaired) electrons. The van der Waals surface area contributed by atoms with Crippen LogP contribution in [0.15, 0.2) is 66.8 Å². The number of hydrogen-bond acceptors (Lipinski definition) is 2. The minimum atomic E-state index is -0.303. The summed E-state index contributed by atoms with van der Waals surface area (Å²) in [5.74, 6) is -0.534. The van der Waals surface area contributed by atoms with E-state index in [2.05, 4.69) is 17.2 Å². The third-order valence-corrected chi connectivity index (χ3v) is 2.65. The van der Waals surface area contributed by atoms with Gasteiger partial charge >= 0.3 is 0 Å². The molecule has 1 aromatic carbocycles. The Bertz CT molecular complexity index is 545. The molecule has 110 valence electrons. The second kappa shape index (κ2) is 9.31. The zero-order valence-corrected chi connectivity index (χ0v) is 12.1. The fourth-order valence-corrected chi connectivity index (χ4v) is 1.64. The molecular weight excluding hydrogens is 264 g/mol. The first kappa shape index (κ1) is 16.4. The predicted molar refractivity (Wildman–Crippen MR) is 84.4 cm³/mol. The van der Waals surface area contributed by atoms with Crippen LogP contribution < -0.4 is 10.6 Å². The van der Waals surface area contributed by atoms with Crippen LogP contribution in [0, 0.1) is 0 Å². The molecule has 0 aromatic heterocycles. The quantitative estimate of drug-likeness (QED) is 0.595. The Morgan fingerprint density at radius 3 is 2.52 bits per heavy atom. The minimum Gasteiger partial charge on any atom is -0.350 e. The Labute approximate surface area is 125 Å². The van der Waals surface area contributed by atoms with E-state index in [1.807, 2.05) is 37.3 Å². The highest BCUT2D eigenvalue weighted by atomic mass is 16.2. The van der Waals surface area contributed by atoms with Crippen LogP contribution in [0.25, 0.3) is 0 Å². The smallest absolute Gasteiger partial charge is 0.251 e. The molecule has 21 heavy (non-hydrogen) atoms. The standard InChI is InChI=1S/C17H20N2O2/c1-3-8-15(9-4-2)17(21)19-13-16(20)18-12-14-10-6-5-7-11-14/h3-11H,1,12-13H2,2H3,(H,18,20)(H,19,21)/b9-4-,15-8+. The zero-order chi connectivity index (χ0) is 15.5. The Morgan fingerprint density at radius 1 is 1.19 bits per heavy atom. The molecule has 2 N–H and O–H groups in total. The highest BCUT2D eigenvalue weighted by molar-refractivity contribution is 5.98. The Morgan fingerprint density at radius 2 is 1.90 bits per heavy atom. The van der Waals surface area contributed by atoms with Crippen molar-refractivity contribution >= 4 is 11.8 Å². The van der Waals surface area contributed by atoms with Crippen molar-refractivity contribution in [2.75, 3.05) is 6.54 Å². The number of carbonyl (C=O) groups is 2. The van der Waals surface area contributed by atoms with Gasteiger partial charge in [0.2, 0.25) is 5.91 Å². The summed E-state index contributed by atoms with van der Waals surface area (Å²) in [6, 6.07) is 9.59. The molecule has 0 saturated heterocycles. The summed E-state index contributed by atoms with van der Waals surface area (Å²) < 4.78 is 0. The molecule has 0 aliphatic rings. The van der Waals surface area contributed by atoms with E-state index in [1.54, 1.807) is 18.2 Å². The van der Waals surface area contributed by atoms with E-state index in [-0.39, 0.29) is 18.4 Å². The second-order valence-corrected chi connectivity index (χ2v) is 4.30. The van der Waals surface area contributed by atoms with Gasteiger partial charge in [-0.05, 0) is 12.5 Å². The van der Waals surface area contributed by atoms with Crippen molar-refractivity contribution in [1.29, 1.82) is 0 Å². The maximum Gasteiger partial charge on any atom is 0.251 e. The van der Waals surface area contributed by atoms with Gasteiger partial charge < -0.3 is 10.6 Å². The molecule has 0 fully saturated rings.